The number of hydrogen-bond donors (Lipinski definition) is 3. The number of nitrogens with two attached hydrogens (primary N) is 1. The number of nitrogen functional groups attached to an aromatic ring is 1. The van der Waals surface area contributed by atoms with Crippen molar-refractivity contribution >= 4 is 29.1 Å². The molecule has 1 heterocycles. The van der Waals surface area contributed by atoms with Crippen LogP contribution in [0.1, 0.15) is 0 Å². The highest BCUT2D eigenvalue weighted by Gasteiger charge is 2.14. The van der Waals surface area contributed by atoms with Crippen LogP contribution in [0.5, 0.6) is 0 Å². The van der Waals surface area contributed by atoms with E-state index in [1.165, 1.54) is 0 Å². The average Bonchev–Trinajstić information content (AvgIpc) is 2.39. The maximum Gasteiger partial charge on any atom is 0.0760 e. The van der Waals surface area contributed by atoms with Gasteiger partial charge in [-0.2, -0.15) is 0 Å². The first-order valence-electron chi connectivity index (χ1n) is 6.44. The largest absolute Gasteiger partial charge is 0.398 e. The first kappa shape index (κ1) is 14.9. The van der Waals surface area contributed by atoms with Crippen molar-refractivity contribution in [2.24, 2.45) is 0 Å². The Morgan fingerprint density at radius 3 is 2.84 bits per heavy atom. The lowest BCUT2D eigenvalue weighted by molar-refractivity contribution is 0.121. The molecule has 106 valence electrons. The summed E-state index contributed by atoms with van der Waals surface area (Å²) < 4.78 is 0. The third kappa shape index (κ3) is 4.85. The molecule has 1 aromatic carbocycles. The van der Waals surface area contributed by atoms with Gasteiger partial charge in [0.1, 0.15) is 0 Å². The van der Waals surface area contributed by atoms with Gasteiger partial charge >= 0.3 is 0 Å². The summed E-state index contributed by atoms with van der Waals surface area (Å²) in [6, 6.07) is 5.47. The average molecular weight is 302 g/mol. The Labute approximate surface area is 123 Å². The van der Waals surface area contributed by atoms with Gasteiger partial charge in [0.05, 0.1) is 6.10 Å². The summed E-state index contributed by atoms with van der Waals surface area (Å²) >= 11 is 7.43. The number of β-amino-alcohol motifs (C(OH)–C–C–N with tert-alkyl or cyclic N) is 1. The van der Waals surface area contributed by atoms with Crippen LogP contribution in [0.2, 0.25) is 5.02 Å². The van der Waals surface area contributed by atoms with Crippen LogP contribution in [0, 0.1) is 0 Å². The quantitative estimate of drug-likeness (QED) is 0.565. The topological polar surface area (TPSA) is 61.5 Å². The van der Waals surface area contributed by atoms with E-state index in [0.29, 0.717) is 16.5 Å². The first-order valence-corrected chi connectivity index (χ1v) is 7.80. The molecule has 0 aromatic heterocycles. The summed E-state index contributed by atoms with van der Waals surface area (Å²) in [5, 5.41) is 14.0. The van der Waals surface area contributed by atoms with E-state index in [2.05, 4.69) is 10.2 Å². The molecule has 0 aliphatic carbocycles. The van der Waals surface area contributed by atoms with Crippen molar-refractivity contribution in [3.8, 4) is 0 Å². The minimum Gasteiger partial charge on any atom is -0.398 e. The molecule has 0 saturated carbocycles. The van der Waals surface area contributed by atoms with Crippen LogP contribution >= 0.6 is 23.4 Å². The molecule has 0 amide bonds. The molecule has 1 aliphatic rings. The number of aliphatic hydroxyl groups excluding tert-OH is 1. The van der Waals surface area contributed by atoms with Crippen LogP contribution in [0.4, 0.5) is 5.69 Å². The minimum absolute atomic E-state index is 0.335. The lowest BCUT2D eigenvalue weighted by atomic mass is 10.3. The van der Waals surface area contributed by atoms with Gasteiger partial charge in [0.25, 0.3) is 0 Å². The van der Waals surface area contributed by atoms with Crippen molar-refractivity contribution in [1.29, 1.82) is 0 Å². The first-order chi connectivity index (χ1) is 9.15. The number of benzene rings is 1. The number of rotatable bonds is 5. The monoisotopic (exact) mass is 301 g/mol. The number of nitrogens with one attached hydrogen (secondary N) is 1. The van der Waals surface area contributed by atoms with Crippen LogP contribution in [-0.2, 0) is 0 Å². The predicted octanol–water partition coefficient (Wildman–Crippen LogP) is 1.28. The maximum absolute atomic E-state index is 10.1. The van der Waals surface area contributed by atoms with Gasteiger partial charge < -0.3 is 16.2 Å². The minimum atomic E-state index is -0.335. The van der Waals surface area contributed by atoms with Gasteiger partial charge in [-0.1, -0.05) is 11.6 Å². The van der Waals surface area contributed by atoms with E-state index in [9.17, 15) is 5.11 Å². The molecule has 4 nitrogen and oxygen atoms in total. The van der Waals surface area contributed by atoms with Crippen molar-refractivity contribution < 1.29 is 5.11 Å². The second kappa shape index (κ2) is 7.36. The summed E-state index contributed by atoms with van der Waals surface area (Å²) in [6.07, 6.45) is -0.335. The molecular weight excluding hydrogens is 282 g/mol. The zero-order valence-corrected chi connectivity index (χ0v) is 12.4. The number of anilines is 1. The molecule has 4 N–H and O–H groups in total. The summed E-state index contributed by atoms with van der Waals surface area (Å²) in [6.45, 7) is 4.74. The number of piperazine rings is 1. The molecule has 1 aliphatic heterocycles. The number of nitrogens with zero attached hydrogens (tertiary/aromatic N) is 1. The number of aliphatic hydroxyl groups is 1. The van der Waals surface area contributed by atoms with Crippen LogP contribution < -0.4 is 11.1 Å². The van der Waals surface area contributed by atoms with E-state index < -0.39 is 0 Å². The van der Waals surface area contributed by atoms with Crippen LogP contribution in [0.15, 0.2) is 23.1 Å². The Morgan fingerprint density at radius 1 is 1.42 bits per heavy atom. The zero-order chi connectivity index (χ0) is 13.7. The second-order valence-electron chi connectivity index (χ2n) is 4.70. The van der Waals surface area contributed by atoms with Crippen molar-refractivity contribution in [2.45, 2.75) is 11.0 Å². The lowest BCUT2D eigenvalue weighted by Gasteiger charge is -2.29. The molecule has 1 saturated heterocycles. The Hall–Kier alpha value is -0.460. The highest BCUT2D eigenvalue weighted by molar-refractivity contribution is 7.99. The Kier molecular flexibility index (Phi) is 5.78. The van der Waals surface area contributed by atoms with Crippen molar-refractivity contribution in [3.63, 3.8) is 0 Å². The normalized spacial score (nSPS) is 18.4. The summed E-state index contributed by atoms with van der Waals surface area (Å²) in [5.41, 5.74) is 6.56. The molecule has 1 aromatic rings. The fourth-order valence-electron chi connectivity index (χ4n) is 2.08. The smallest absolute Gasteiger partial charge is 0.0760 e. The molecule has 6 heteroatoms. The Balaban J connectivity index is 1.77. The van der Waals surface area contributed by atoms with Gasteiger partial charge in [0.2, 0.25) is 0 Å². The molecule has 2 rings (SSSR count). The molecule has 0 bridgehead atoms. The standard InChI is InChI=1S/C13H20ClN3OS/c14-10-1-2-13(12(15)7-10)19-9-11(18)8-17-5-3-16-4-6-17/h1-2,7,11,16,18H,3-6,8-9,15H2. The van der Waals surface area contributed by atoms with Crippen molar-refractivity contribution in [3.05, 3.63) is 23.2 Å². The van der Waals surface area contributed by atoms with Crippen LogP contribution in [-0.4, -0.2) is 54.6 Å². The van der Waals surface area contributed by atoms with E-state index in [0.717, 1.165) is 37.6 Å². The SMILES string of the molecule is Nc1cc(Cl)ccc1SCC(O)CN1CCNCC1. The molecule has 1 fully saturated rings. The van der Waals surface area contributed by atoms with Crippen LogP contribution in [0.25, 0.3) is 0 Å². The van der Waals surface area contributed by atoms with E-state index in [4.69, 9.17) is 17.3 Å². The highest BCUT2D eigenvalue weighted by Crippen LogP contribution is 2.28. The summed E-state index contributed by atoms with van der Waals surface area (Å²) in [7, 11) is 0. The zero-order valence-electron chi connectivity index (χ0n) is 10.8. The number of halogens is 1. The summed E-state index contributed by atoms with van der Waals surface area (Å²) in [5.74, 6) is 0.649. The maximum atomic E-state index is 10.1. The van der Waals surface area contributed by atoms with Gasteiger partial charge in [0, 0.05) is 54.1 Å². The van der Waals surface area contributed by atoms with Crippen molar-refractivity contribution in [2.75, 3.05) is 44.2 Å². The summed E-state index contributed by atoms with van der Waals surface area (Å²) in [4.78, 5) is 3.26. The van der Waals surface area contributed by atoms with Gasteiger partial charge in [-0.15, -0.1) is 11.8 Å². The van der Waals surface area contributed by atoms with Crippen LogP contribution in [0.3, 0.4) is 0 Å². The lowest BCUT2D eigenvalue weighted by Crippen LogP contribution is -2.46. The Bertz CT molecular complexity index is 413. The molecule has 0 spiro atoms. The Morgan fingerprint density at radius 2 is 2.16 bits per heavy atom. The molecule has 19 heavy (non-hydrogen) atoms. The van der Waals surface area contributed by atoms with E-state index in [-0.39, 0.29) is 6.10 Å². The van der Waals surface area contributed by atoms with Gasteiger partial charge in [0.15, 0.2) is 0 Å². The molecule has 1 unspecified atom stereocenters. The fourth-order valence-corrected chi connectivity index (χ4v) is 3.13. The van der Waals surface area contributed by atoms with E-state index in [1.807, 2.05) is 12.1 Å². The third-order valence-corrected chi connectivity index (χ3v) is 4.55. The van der Waals surface area contributed by atoms with Gasteiger partial charge in [-0.3, -0.25) is 4.90 Å². The fraction of sp³-hybridized carbons (Fsp3) is 0.538. The molecule has 0 radical (unpaired) electrons. The molecular formula is C13H20ClN3OS. The van der Waals surface area contributed by atoms with E-state index >= 15 is 0 Å². The van der Waals surface area contributed by atoms with Gasteiger partial charge in [-0.25, -0.2) is 0 Å². The predicted molar refractivity (Wildman–Crippen MR) is 81.9 cm³/mol. The second-order valence-corrected chi connectivity index (χ2v) is 6.20. The number of thioether (sulfide) groups is 1. The third-order valence-electron chi connectivity index (χ3n) is 3.08. The van der Waals surface area contributed by atoms with Gasteiger partial charge in [-0.05, 0) is 18.2 Å². The van der Waals surface area contributed by atoms with Crippen molar-refractivity contribution in [1.82, 2.24) is 10.2 Å². The number of hydrogen-bond acceptors (Lipinski definition) is 5. The molecule has 1 atom stereocenters. The highest BCUT2D eigenvalue weighted by atomic mass is 35.5. The van der Waals surface area contributed by atoms with E-state index in [1.54, 1.807) is 17.8 Å².